The van der Waals surface area contributed by atoms with E-state index in [9.17, 15) is 4.21 Å². The van der Waals surface area contributed by atoms with Gasteiger partial charge in [0.1, 0.15) is 5.58 Å². The number of fused-ring (bicyclic) bond motifs is 1. The van der Waals surface area contributed by atoms with Crippen molar-refractivity contribution in [2.24, 2.45) is 0 Å². The fourth-order valence-corrected chi connectivity index (χ4v) is 3.85. The van der Waals surface area contributed by atoms with Crippen LogP contribution in [0.5, 0.6) is 0 Å². The molecule has 0 aliphatic heterocycles. The lowest BCUT2D eigenvalue weighted by Gasteiger charge is -2.31. The number of hydrogen-bond acceptors (Lipinski definition) is 2. The van der Waals surface area contributed by atoms with E-state index >= 15 is 0 Å². The monoisotopic (exact) mass is 307 g/mol. The van der Waals surface area contributed by atoms with Crippen LogP contribution in [0.25, 0.3) is 11.0 Å². The minimum atomic E-state index is -0.995. The Bertz CT molecular complexity index is 627. The van der Waals surface area contributed by atoms with E-state index in [1.54, 1.807) is 6.26 Å². The van der Waals surface area contributed by atoms with Crippen molar-refractivity contribution in [3.05, 3.63) is 36.1 Å². The molecule has 0 N–H and O–H groups in total. The zero-order chi connectivity index (χ0) is 15.6. The average Bonchev–Trinajstić information content (AvgIpc) is 2.89. The summed E-state index contributed by atoms with van der Waals surface area (Å²) >= 11 is 0. The highest BCUT2D eigenvalue weighted by Gasteiger charge is 2.28. The third kappa shape index (κ3) is 3.74. The van der Waals surface area contributed by atoms with E-state index in [0.29, 0.717) is 0 Å². The smallest absolute Gasteiger partial charge is 0.134 e. The van der Waals surface area contributed by atoms with Crippen LogP contribution in [0.2, 0.25) is 0 Å². The van der Waals surface area contributed by atoms with Crippen LogP contribution in [0.4, 0.5) is 0 Å². The topological polar surface area (TPSA) is 33.5 Å². The summed E-state index contributed by atoms with van der Waals surface area (Å²) in [5.41, 5.74) is 2.14. The van der Waals surface area contributed by atoms with E-state index in [1.165, 1.54) is 5.56 Å². The van der Waals surface area contributed by atoms with Crippen LogP contribution in [-0.4, -0.2) is 26.4 Å². The van der Waals surface area contributed by atoms with E-state index in [2.05, 4.69) is 25.1 Å². The van der Waals surface area contributed by atoms with Gasteiger partial charge in [-0.05, 0) is 51.3 Å². The van der Waals surface area contributed by atoms with Crippen LogP contribution in [-0.2, 0) is 17.4 Å². The Labute approximate surface area is 129 Å². The Morgan fingerprint density at radius 3 is 2.62 bits per heavy atom. The van der Waals surface area contributed by atoms with Crippen molar-refractivity contribution in [3.8, 4) is 0 Å². The molecule has 0 spiro atoms. The van der Waals surface area contributed by atoms with E-state index in [4.69, 9.17) is 4.42 Å². The first-order valence-corrected chi connectivity index (χ1v) is 8.54. The maximum atomic E-state index is 12.5. The van der Waals surface area contributed by atoms with Gasteiger partial charge in [-0.2, -0.15) is 0 Å². The minimum Gasteiger partial charge on any atom is -0.464 e. The summed E-state index contributed by atoms with van der Waals surface area (Å²) in [7, 11) is 0.964. The summed E-state index contributed by atoms with van der Waals surface area (Å²) in [6.45, 7) is 8.19. The van der Waals surface area contributed by atoms with Crippen LogP contribution in [0.15, 0.2) is 34.9 Å². The molecule has 2 atom stereocenters. The molecular formula is C17H25NO2S. The third-order valence-electron chi connectivity index (χ3n) is 3.76. The van der Waals surface area contributed by atoms with Gasteiger partial charge >= 0.3 is 0 Å². The Hall–Kier alpha value is -1.13. The number of hydrogen-bond donors (Lipinski definition) is 0. The van der Waals surface area contributed by atoms with Gasteiger partial charge in [0.15, 0.2) is 0 Å². The molecular weight excluding hydrogens is 282 g/mol. The van der Waals surface area contributed by atoms with Crippen molar-refractivity contribution in [2.75, 3.05) is 7.05 Å². The van der Waals surface area contributed by atoms with Crippen molar-refractivity contribution in [3.63, 3.8) is 0 Å². The highest BCUT2D eigenvalue weighted by molar-refractivity contribution is 7.84. The van der Waals surface area contributed by atoms with Gasteiger partial charge < -0.3 is 4.42 Å². The molecule has 0 aliphatic rings. The molecule has 21 heavy (non-hydrogen) atoms. The molecule has 0 fully saturated rings. The van der Waals surface area contributed by atoms with Crippen molar-refractivity contribution in [2.45, 2.75) is 51.3 Å². The highest BCUT2D eigenvalue weighted by atomic mass is 32.2. The SMILES string of the molecule is CC[C@@H](Cc1ccc2ccoc2c1)N(C)S(=O)C(C)(C)C. The van der Waals surface area contributed by atoms with Crippen LogP contribution >= 0.6 is 0 Å². The lowest BCUT2D eigenvalue weighted by Crippen LogP contribution is -2.42. The first kappa shape index (κ1) is 16.2. The fourth-order valence-electron chi connectivity index (χ4n) is 2.50. The summed E-state index contributed by atoms with van der Waals surface area (Å²) in [5, 5.41) is 1.12. The van der Waals surface area contributed by atoms with Crippen molar-refractivity contribution >= 4 is 22.0 Å². The van der Waals surface area contributed by atoms with E-state index in [0.717, 1.165) is 23.8 Å². The predicted molar refractivity (Wildman–Crippen MR) is 89.7 cm³/mol. The number of nitrogens with zero attached hydrogens (tertiary/aromatic N) is 1. The molecule has 0 amide bonds. The molecule has 2 rings (SSSR count). The molecule has 116 valence electrons. The summed E-state index contributed by atoms with van der Waals surface area (Å²) in [4.78, 5) is 0. The first-order valence-electron chi connectivity index (χ1n) is 7.44. The second-order valence-corrected chi connectivity index (χ2v) is 8.77. The molecule has 1 aromatic carbocycles. The maximum Gasteiger partial charge on any atom is 0.134 e. The molecule has 2 aromatic rings. The van der Waals surface area contributed by atoms with Crippen molar-refractivity contribution in [1.82, 2.24) is 4.31 Å². The molecule has 1 unspecified atom stereocenters. The van der Waals surface area contributed by atoms with Crippen LogP contribution in [0.3, 0.4) is 0 Å². The lowest BCUT2D eigenvalue weighted by atomic mass is 10.0. The van der Waals surface area contributed by atoms with E-state index in [-0.39, 0.29) is 10.8 Å². The standard InChI is InChI=1S/C17H25NO2S/c1-6-15(18(5)21(19)17(2,3)4)11-13-7-8-14-9-10-20-16(14)12-13/h7-10,12,15H,6,11H2,1-5H3/t15-,21?/m0/s1. The second kappa shape index (κ2) is 6.32. The van der Waals surface area contributed by atoms with Gasteiger partial charge in [-0.15, -0.1) is 0 Å². The van der Waals surface area contributed by atoms with Crippen LogP contribution < -0.4 is 0 Å². The Morgan fingerprint density at radius 2 is 2.00 bits per heavy atom. The summed E-state index contributed by atoms with van der Waals surface area (Å²) in [5.74, 6) is 0. The zero-order valence-corrected chi connectivity index (χ0v) is 14.4. The lowest BCUT2D eigenvalue weighted by molar-refractivity contribution is 0.369. The normalized spacial score (nSPS) is 15.5. The first-order chi connectivity index (χ1) is 9.82. The second-order valence-electron chi connectivity index (χ2n) is 6.47. The third-order valence-corrected chi connectivity index (χ3v) is 5.63. The summed E-state index contributed by atoms with van der Waals surface area (Å²) in [6.07, 6.45) is 3.56. The van der Waals surface area contributed by atoms with Gasteiger partial charge in [0.05, 0.1) is 22.0 Å². The van der Waals surface area contributed by atoms with Gasteiger partial charge in [-0.1, -0.05) is 19.1 Å². The average molecular weight is 307 g/mol. The van der Waals surface area contributed by atoms with Gasteiger partial charge in [0, 0.05) is 18.5 Å². The maximum absolute atomic E-state index is 12.5. The van der Waals surface area contributed by atoms with Gasteiger partial charge in [-0.25, -0.2) is 8.51 Å². The molecule has 0 aliphatic carbocycles. The van der Waals surface area contributed by atoms with Gasteiger partial charge in [0.25, 0.3) is 0 Å². The number of likely N-dealkylation sites (N-methyl/N-ethyl adjacent to an activating group) is 1. The molecule has 1 heterocycles. The zero-order valence-electron chi connectivity index (χ0n) is 13.6. The largest absolute Gasteiger partial charge is 0.464 e. The van der Waals surface area contributed by atoms with Gasteiger partial charge in [0.2, 0.25) is 0 Å². The number of benzene rings is 1. The molecule has 0 saturated carbocycles. The highest BCUT2D eigenvalue weighted by Crippen LogP contribution is 2.22. The summed E-state index contributed by atoms with van der Waals surface area (Å²) < 4.78 is 19.8. The molecule has 4 heteroatoms. The minimum absolute atomic E-state index is 0.229. The van der Waals surface area contributed by atoms with E-state index in [1.807, 2.05) is 38.2 Å². The number of rotatable bonds is 5. The fraction of sp³-hybridized carbons (Fsp3) is 0.529. The van der Waals surface area contributed by atoms with Crippen molar-refractivity contribution < 1.29 is 8.63 Å². The van der Waals surface area contributed by atoms with E-state index < -0.39 is 11.0 Å². The summed E-state index contributed by atoms with van der Waals surface area (Å²) in [6, 6.07) is 8.54. The number of furan rings is 1. The molecule has 0 bridgehead atoms. The Balaban J connectivity index is 2.16. The molecule has 3 nitrogen and oxygen atoms in total. The Morgan fingerprint density at radius 1 is 1.29 bits per heavy atom. The van der Waals surface area contributed by atoms with Crippen LogP contribution in [0, 0.1) is 0 Å². The van der Waals surface area contributed by atoms with Gasteiger partial charge in [-0.3, -0.25) is 0 Å². The quantitative estimate of drug-likeness (QED) is 0.831. The molecule has 0 saturated heterocycles. The predicted octanol–water partition coefficient (Wildman–Crippen LogP) is 4.15. The molecule has 1 aromatic heterocycles. The van der Waals surface area contributed by atoms with Crippen molar-refractivity contribution in [1.29, 1.82) is 0 Å². The van der Waals surface area contributed by atoms with Crippen LogP contribution in [0.1, 0.15) is 39.7 Å². The molecule has 0 radical (unpaired) electrons. The Kier molecular flexibility index (Phi) is 4.89.